The molecule has 1 aliphatic rings. The number of benzene rings is 3. The zero-order chi connectivity index (χ0) is 28.2. The van der Waals surface area contributed by atoms with Gasteiger partial charge in [-0.05, 0) is 53.8 Å². The molecule has 0 amide bonds. The maximum Gasteiger partial charge on any atom is 0.243 e. The number of ether oxygens (including phenoxy) is 1. The predicted octanol–water partition coefficient (Wildman–Crippen LogP) is 4.19. The number of sulfonamides is 2. The van der Waals surface area contributed by atoms with E-state index in [0.29, 0.717) is 43.4 Å². The third kappa shape index (κ3) is 6.46. The summed E-state index contributed by atoms with van der Waals surface area (Å²) in [5.41, 5.74) is 2.79. The molecule has 0 radical (unpaired) electrons. The average Bonchev–Trinajstić information content (AvgIpc) is 2.96. The van der Waals surface area contributed by atoms with Crippen LogP contribution in [0.25, 0.3) is 0 Å². The second-order valence-corrected chi connectivity index (χ2v) is 14.0. The maximum absolute atomic E-state index is 13.4. The van der Waals surface area contributed by atoms with E-state index in [0.717, 1.165) is 11.1 Å². The lowest BCUT2D eigenvalue weighted by Gasteiger charge is -2.36. The Bertz CT molecular complexity index is 1470. The van der Waals surface area contributed by atoms with Crippen molar-refractivity contribution in [3.8, 4) is 5.75 Å². The minimum absolute atomic E-state index is 0.175. The molecule has 4 rings (SSSR count). The van der Waals surface area contributed by atoms with Gasteiger partial charge in [0.15, 0.2) is 0 Å². The van der Waals surface area contributed by atoms with Gasteiger partial charge in [0, 0.05) is 39.8 Å². The van der Waals surface area contributed by atoms with Crippen LogP contribution in [0.3, 0.4) is 0 Å². The van der Waals surface area contributed by atoms with E-state index in [4.69, 9.17) is 4.74 Å². The van der Waals surface area contributed by atoms with Gasteiger partial charge in [0.2, 0.25) is 20.0 Å². The van der Waals surface area contributed by atoms with Crippen molar-refractivity contribution in [1.82, 2.24) is 8.61 Å². The number of nitrogens with zero attached hydrogens (tertiary/aromatic N) is 3. The monoisotopic (exact) mass is 571 g/mol. The van der Waals surface area contributed by atoms with Crippen LogP contribution in [0.15, 0.2) is 82.6 Å². The van der Waals surface area contributed by atoms with Gasteiger partial charge < -0.3 is 9.64 Å². The van der Waals surface area contributed by atoms with E-state index in [1.165, 1.54) is 8.61 Å². The van der Waals surface area contributed by atoms with E-state index < -0.39 is 20.0 Å². The van der Waals surface area contributed by atoms with E-state index >= 15 is 0 Å². The van der Waals surface area contributed by atoms with Crippen molar-refractivity contribution in [2.45, 2.75) is 36.0 Å². The predicted molar refractivity (Wildman–Crippen MR) is 154 cm³/mol. The van der Waals surface area contributed by atoms with Gasteiger partial charge in [-0.15, -0.1) is 0 Å². The van der Waals surface area contributed by atoms with Gasteiger partial charge in [-0.3, -0.25) is 0 Å². The van der Waals surface area contributed by atoms with E-state index in [2.05, 4.69) is 13.8 Å². The molecule has 0 spiro atoms. The first kappa shape index (κ1) is 29.1. The quantitative estimate of drug-likeness (QED) is 0.363. The first-order chi connectivity index (χ1) is 18.5. The molecule has 210 valence electrons. The first-order valence-corrected chi connectivity index (χ1v) is 16.0. The van der Waals surface area contributed by atoms with Gasteiger partial charge >= 0.3 is 0 Å². The summed E-state index contributed by atoms with van der Waals surface area (Å²) >= 11 is 0. The third-order valence-corrected chi connectivity index (χ3v) is 10.9. The number of piperazine rings is 1. The Hall–Kier alpha value is -2.92. The van der Waals surface area contributed by atoms with Crippen LogP contribution in [0.4, 0.5) is 5.69 Å². The maximum atomic E-state index is 13.4. The molecule has 0 saturated carbocycles. The zero-order valence-electron chi connectivity index (χ0n) is 22.9. The molecule has 0 bridgehead atoms. The largest absolute Gasteiger partial charge is 0.495 e. The van der Waals surface area contributed by atoms with Crippen LogP contribution in [0.1, 0.15) is 30.9 Å². The van der Waals surface area contributed by atoms with E-state index in [-0.39, 0.29) is 22.9 Å². The number of likely N-dealkylation sites (N-methyl/N-ethyl adjacent to an activating group) is 1. The van der Waals surface area contributed by atoms with Crippen LogP contribution in [-0.4, -0.2) is 72.3 Å². The standard InChI is InChI=1S/C29H37N3O5S2/c1-23(2)25-10-12-26(13-11-25)39(35,36)32-20-18-31(19-21-32)28-22-27(14-15-29(28)37-4)38(33,34)30(3)17-16-24-8-6-5-7-9-24/h5-15,22-23H,16-21H2,1-4H3. The molecule has 1 fully saturated rings. The lowest BCUT2D eigenvalue weighted by molar-refractivity contribution is 0.378. The molecule has 3 aromatic carbocycles. The van der Waals surface area contributed by atoms with E-state index in [1.54, 1.807) is 44.5 Å². The summed E-state index contributed by atoms with van der Waals surface area (Å²) in [6.45, 7) is 5.87. The first-order valence-electron chi connectivity index (χ1n) is 13.1. The van der Waals surface area contributed by atoms with Gasteiger partial charge in [-0.25, -0.2) is 21.1 Å². The highest BCUT2D eigenvalue weighted by Gasteiger charge is 2.30. The third-order valence-electron chi connectivity index (χ3n) is 7.18. The van der Waals surface area contributed by atoms with Gasteiger partial charge in [0.1, 0.15) is 5.75 Å². The van der Waals surface area contributed by atoms with E-state index in [1.807, 2.05) is 47.4 Å². The Balaban J connectivity index is 1.48. The van der Waals surface area contributed by atoms with Crippen molar-refractivity contribution >= 4 is 25.7 Å². The van der Waals surface area contributed by atoms with E-state index in [9.17, 15) is 16.8 Å². The SMILES string of the molecule is COc1ccc(S(=O)(=O)N(C)CCc2ccccc2)cc1N1CCN(S(=O)(=O)c2ccc(C(C)C)cc2)CC1. The summed E-state index contributed by atoms with van der Waals surface area (Å²) < 4.78 is 61.7. The van der Waals surface area contributed by atoms with Crippen LogP contribution in [-0.2, 0) is 26.5 Å². The molecule has 0 N–H and O–H groups in total. The molecule has 8 nitrogen and oxygen atoms in total. The van der Waals surface area contributed by atoms with Crippen LogP contribution < -0.4 is 9.64 Å². The van der Waals surface area contributed by atoms with Crippen LogP contribution in [0, 0.1) is 0 Å². The van der Waals surface area contributed by atoms with Crippen LogP contribution in [0.5, 0.6) is 5.75 Å². The highest BCUT2D eigenvalue weighted by atomic mass is 32.2. The van der Waals surface area contributed by atoms with Crippen molar-refractivity contribution < 1.29 is 21.6 Å². The molecule has 3 aromatic rings. The molecule has 1 saturated heterocycles. The highest BCUT2D eigenvalue weighted by molar-refractivity contribution is 7.89. The number of anilines is 1. The number of hydrogen-bond donors (Lipinski definition) is 0. The normalized spacial score (nSPS) is 15.2. The zero-order valence-corrected chi connectivity index (χ0v) is 24.6. The molecule has 0 aromatic heterocycles. The molecule has 0 unspecified atom stereocenters. The smallest absolute Gasteiger partial charge is 0.243 e. The molecule has 0 atom stereocenters. The Morgan fingerprint density at radius 2 is 1.46 bits per heavy atom. The summed E-state index contributed by atoms with van der Waals surface area (Å²) in [7, 11) is -4.23. The molecular weight excluding hydrogens is 534 g/mol. The van der Waals surface area contributed by atoms with Crippen molar-refractivity contribution in [2.75, 3.05) is 51.8 Å². The minimum atomic E-state index is -3.73. The minimum Gasteiger partial charge on any atom is -0.495 e. The second kappa shape index (κ2) is 12.1. The fraction of sp³-hybridized carbons (Fsp3) is 0.379. The second-order valence-electron chi connectivity index (χ2n) is 10.0. The van der Waals surface area contributed by atoms with Crippen LogP contribution in [0.2, 0.25) is 0 Å². The molecular formula is C29H37N3O5S2. The van der Waals surface area contributed by atoms with Crippen molar-refractivity contribution in [3.63, 3.8) is 0 Å². The topological polar surface area (TPSA) is 87.2 Å². The van der Waals surface area contributed by atoms with Gasteiger partial charge in [-0.1, -0.05) is 56.3 Å². The molecule has 1 aliphatic heterocycles. The van der Waals surface area contributed by atoms with Crippen molar-refractivity contribution in [3.05, 3.63) is 83.9 Å². The summed E-state index contributed by atoms with van der Waals surface area (Å²) in [5, 5.41) is 0. The summed E-state index contributed by atoms with van der Waals surface area (Å²) in [5.74, 6) is 0.866. The Labute approximate surface area is 232 Å². The summed E-state index contributed by atoms with van der Waals surface area (Å²) in [6, 6.07) is 21.7. The van der Waals surface area contributed by atoms with Crippen LogP contribution >= 0.6 is 0 Å². The Morgan fingerprint density at radius 3 is 2.05 bits per heavy atom. The fourth-order valence-electron chi connectivity index (χ4n) is 4.65. The fourth-order valence-corrected chi connectivity index (χ4v) is 7.27. The Kier molecular flexibility index (Phi) is 9.00. The Morgan fingerprint density at radius 1 is 0.846 bits per heavy atom. The van der Waals surface area contributed by atoms with Crippen molar-refractivity contribution in [2.24, 2.45) is 0 Å². The van der Waals surface area contributed by atoms with Gasteiger partial charge in [0.05, 0.1) is 22.6 Å². The highest BCUT2D eigenvalue weighted by Crippen LogP contribution is 2.33. The molecule has 39 heavy (non-hydrogen) atoms. The average molecular weight is 572 g/mol. The number of rotatable bonds is 10. The molecule has 0 aliphatic carbocycles. The summed E-state index contributed by atoms with van der Waals surface area (Å²) in [4.78, 5) is 2.44. The molecule has 10 heteroatoms. The van der Waals surface area contributed by atoms with Crippen molar-refractivity contribution in [1.29, 1.82) is 0 Å². The van der Waals surface area contributed by atoms with Gasteiger partial charge in [0.25, 0.3) is 0 Å². The molecule has 1 heterocycles. The lowest BCUT2D eigenvalue weighted by Crippen LogP contribution is -2.48. The number of methoxy groups -OCH3 is 1. The summed E-state index contributed by atoms with van der Waals surface area (Å²) in [6.07, 6.45) is 0.607. The van der Waals surface area contributed by atoms with Gasteiger partial charge in [-0.2, -0.15) is 4.31 Å². The lowest BCUT2D eigenvalue weighted by atomic mass is 10.0. The number of hydrogen-bond acceptors (Lipinski definition) is 6.